The quantitative estimate of drug-likeness (QED) is 0.714. The number of aromatic nitrogens is 1. The summed E-state index contributed by atoms with van der Waals surface area (Å²) in [5.74, 6) is -0.0833. The van der Waals surface area contributed by atoms with Crippen molar-refractivity contribution in [3.8, 4) is 5.75 Å². The lowest BCUT2D eigenvalue weighted by atomic mass is 10.1. The molecule has 4 N–H and O–H groups in total. The maximum absolute atomic E-state index is 11.5. The first kappa shape index (κ1) is 12.4. The second-order valence-electron chi connectivity index (χ2n) is 3.74. The number of carbonyl (C=O) groups excluding carboxylic acids is 1. The number of rotatable bonds is 4. The lowest BCUT2D eigenvalue weighted by Crippen LogP contribution is -2.26. The van der Waals surface area contributed by atoms with Gasteiger partial charge in [-0.15, -0.1) is 0 Å². The van der Waals surface area contributed by atoms with E-state index in [4.69, 9.17) is 5.73 Å². The molecule has 0 aliphatic heterocycles. The van der Waals surface area contributed by atoms with Crippen LogP contribution in [0.2, 0.25) is 0 Å². The van der Waals surface area contributed by atoms with Gasteiger partial charge in [0.2, 0.25) is 5.91 Å². The van der Waals surface area contributed by atoms with Crippen LogP contribution in [0.15, 0.2) is 12.1 Å². The molecule has 5 nitrogen and oxygen atoms in total. The van der Waals surface area contributed by atoms with Gasteiger partial charge in [-0.3, -0.25) is 4.79 Å². The fraction of sp³-hybridized carbons (Fsp3) is 0.455. The Morgan fingerprint density at radius 3 is 2.94 bits per heavy atom. The molecular formula is C11H17N3O2. The molecule has 0 radical (unpaired) electrons. The van der Waals surface area contributed by atoms with Gasteiger partial charge in [0.15, 0.2) is 11.6 Å². The first-order valence-electron chi connectivity index (χ1n) is 5.25. The van der Waals surface area contributed by atoms with E-state index in [0.717, 1.165) is 12.1 Å². The number of amides is 1. The molecule has 0 bridgehead atoms. The highest BCUT2D eigenvalue weighted by Crippen LogP contribution is 2.20. The molecule has 0 aliphatic carbocycles. The summed E-state index contributed by atoms with van der Waals surface area (Å²) in [5.41, 5.74) is 6.38. The van der Waals surface area contributed by atoms with E-state index in [1.807, 2.05) is 6.92 Å². The van der Waals surface area contributed by atoms with Crippen molar-refractivity contribution in [3.05, 3.63) is 17.8 Å². The van der Waals surface area contributed by atoms with Crippen LogP contribution in [0.5, 0.6) is 5.75 Å². The smallest absolute Gasteiger partial charge is 0.227 e. The highest BCUT2D eigenvalue weighted by atomic mass is 16.3. The molecule has 1 rings (SSSR count). The zero-order valence-electron chi connectivity index (χ0n) is 9.53. The monoisotopic (exact) mass is 223 g/mol. The molecule has 0 fully saturated rings. The minimum absolute atomic E-state index is 0.0379. The van der Waals surface area contributed by atoms with Crippen LogP contribution in [0, 0.1) is 6.92 Å². The standard InChI is InChI=1S/C11H17N3O2/c1-3-8(12)6-10(16)14-11-9(15)5-4-7(2)13-11/h4-5,8,15H,3,6,12H2,1-2H3,(H,13,14,16). The minimum Gasteiger partial charge on any atom is -0.504 e. The van der Waals surface area contributed by atoms with Crippen molar-refractivity contribution in [3.63, 3.8) is 0 Å². The Balaban J connectivity index is 2.65. The second-order valence-corrected chi connectivity index (χ2v) is 3.74. The van der Waals surface area contributed by atoms with E-state index in [1.165, 1.54) is 6.07 Å². The van der Waals surface area contributed by atoms with Crippen molar-refractivity contribution in [2.45, 2.75) is 32.7 Å². The second kappa shape index (κ2) is 5.46. The number of aromatic hydroxyl groups is 1. The van der Waals surface area contributed by atoms with Crippen molar-refractivity contribution in [2.24, 2.45) is 5.73 Å². The highest BCUT2D eigenvalue weighted by molar-refractivity contribution is 5.91. The van der Waals surface area contributed by atoms with Crippen molar-refractivity contribution < 1.29 is 9.90 Å². The van der Waals surface area contributed by atoms with Crippen LogP contribution in [0.1, 0.15) is 25.5 Å². The van der Waals surface area contributed by atoms with Gasteiger partial charge < -0.3 is 16.2 Å². The van der Waals surface area contributed by atoms with Gasteiger partial charge in [-0.2, -0.15) is 0 Å². The van der Waals surface area contributed by atoms with Gasteiger partial charge >= 0.3 is 0 Å². The third-order valence-corrected chi connectivity index (χ3v) is 2.24. The number of nitrogens with zero attached hydrogens (tertiary/aromatic N) is 1. The van der Waals surface area contributed by atoms with Crippen LogP contribution in [0.4, 0.5) is 5.82 Å². The largest absolute Gasteiger partial charge is 0.504 e. The summed E-state index contributed by atoms with van der Waals surface area (Å²) in [6, 6.07) is 3.01. The Labute approximate surface area is 94.7 Å². The van der Waals surface area contributed by atoms with Crippen molar-refractivity contribution in [1.29, 1.82) is 0 Å². The Morgan fingerprint density at radius 1 is 1.62 bits per heavy atom. The number of carbonyl (C=O) groups is 1. The summed E-state index contributed by atoms with van der Waals surface area (Å²) in [6.45, 7) is 3.70. The van der Waals surface area contributed by atoms with E-state index in [-0.39, 0.29) is 29.9 Å². The Morgan fingerprint density at radius 2 is 2.31 bits per heavy atom. The number of aryl methyl sites for hydroxylation is 1. The number of hydrogen-bond donors (Lipinski definition) is 3. The highest BCUT2D eigenvalue weighted by Gasteiger charge is 2.11. The minimum atomic E-state index is -0.234. The molecule has 0 saturated carbocycles. The summed E-state index contributed by atoms with van der Waals surface area (Å²) in [4.78, 5) is 15.5. The van der Waals surface area contributed by atoms with Gasteiger partial charge in [0.1, 0.15) is 0 Å². The predicted molar refractivity (Wildman–Crippen MR) is 62.2 cm³/mol. The molecule has 0 aliphatic rings. The van der Waals surface area contributed by atoms with E-state index in [2.05, 4.69) is 10.3 Å². The number of pyridine rings is 1. The molecule has 0 spiro atoms. The fourth-order valence-electron chi connectivity index (χ4n) is 1.21. The molecule has 0 saturated heterocycles. The normalized spacial score (nSPS) is 12.2. The molecule has 5 heteroatoms. The number of nitrogens with one attached hydrogen (secondary N) is 1. The maximum Gasteiger partial charge on any atom is 0.227 e. The summed E-state index contributed by atoms with van der Waals surface area (Å²) < 4.78 is 0. The first-order chi connectivity index (χ1) is 7.52. The molecule has 1 unspecified atom stereocenters. The van der Waals surface area contributed by atoms with Crippen molar-refractivity contribution in [2.75, 3.05) is 5.32 Å². The molecule has 16 heavy (non-hydrogen) atoms. The Kier molecular flexibility index (Phi) is 4.25. The summed E-state index contributed by atoms with van der Waals surface area (Å²) in [5, 5.41) is 12.0. The molecule has 1 heterocycles. The predicted octanol–water partition coefficient (Wildman–Crippen LogP) is 1.16. The number of hydrogen-bond acceptors (Lipinski definition) is 4. The average molecular weight is 223 g/mol. The molecule has 0 aromatic carbocycles. The van der Waals surface area contributed by atoms with Crippen LogP contribution in [0.25, 0.3) is 0 Å². The van der Waals surface area contributed by atoms with Crippen LogP contribution in [0.3, 0.4) is 0 Å². The van der Waals surface area contributed by atoms with Gasteiger partial charge in [-0.25, -0.2) is 4.98 Å². The van der Waals surface area contributed by atoms with E-state index in [0.29, 0.717) is 0 Å². The van der Waals surface area contributed by atoms with Gasteiger partial charge in [0.25, 0.3) is 0 Å². The summed E-state index contributed by atoms with van der Waals surface area (Å²) in [6.07, 6.45) is 0.964. The maximum atomic E-state index is 11.5. The molecular weight excluding hydrogens is 206 g/mol. The third-order valence-electron chi connectivity index (χ3n) is 2.24. The third kappa shape index (κ3) is 3.51. The topological polar surface area (TPSA) is 88.2 Å². The van der Waals surface area contributed by atoms with Crippen LogP contribution < -0.4 is 11.1 Å². The van der Waals surface area contributed by atoms with E-state index >= 15 is 0 Å². The fourth-order valence-corrected chi connectivity index (χ4v) is 1.21. The van der Waals surface area contributed by atoms with E-state index < -0.39 is 0 Å². The lowest BCUT2D eigenvalue weighted by molar-refractivity contribution is -0.116. The van der Waals surface area contributed by atoms with Crippen molar-refractivity contribution in [1.82, 2.24) is 4.98 Å². The summed E-state index contributed by atoms with van der Waals surface area (Å²) >= 11 is 0. The molecule has 1 atom stereocenters. The van der Waals surface area contributed by atoms with Gasteiger partial charge in [0.05, 0.1) is 0 Å². The van der Waals surface area contributed by atoms with Crippen LogP contribution in [-0.4, -0.2) is 22.0 Å². The average Bonchev–Trinajstić information content (AvgIpc) is 2.23. The Hall–Kier alpha value is -1.62. The van der Waals surface area contributed by atoms with Gasteiger partial charge in [0, 0.05) is 18.2 Å². The zero-order valence-corrected chi connectivity index (χ0v) is 9.53. The Bertz CT molecular complexity index is 379. The lowest BCUT2D eigenvalue weighted by Gasteiger charge is -2.10. The first-order valence-corrected chi connectivity index (χ1v) is 5.25. The zero-order chi connectivity index (χ0) is 12.1. The van der Waals surface area contributed by atoms with E-state index in [1.54, 1.807) is 13.0 Å². The van der Waals surface area contributed by atoms with Crippen LogP contribution in [-0.2, 0) is 4.79 Å². The van der Waals surface area contributed by atoms with Gasteiger partial charge in [-0.1, -0.05) is 6.92 Å². The van der Waals surface area contributed by atoms with Gasteiger partial charge in [-0.05, 0) is 25.5 Å². The molecule has 1 amide bonds. The molecule has 88 valence electrons. The summed E-state index contributed by atoms with van der Waals surface area (Å²) in [7, 11) is 0. The SMILES string of the molecule is CCC(N)CC(=O)Nc1nc(C)ccc1O. The van der Waals surface area contributed by atoms with Crippen LogP contribution >= 0.6 is 0 Å². The number of nitrogens with two attached hydrogens (primary N) is 1. The number of anilines is 1. The van der Waals surface area contributed by atoms with Crippen molar-refractivity contribution >= 4 is 11.7 Å². The molecule has 1 aromatic heterocycles. The molecule has 1 aromatic rings. The van der Waals surface area contributed by atoms with E-state index in [9.17, 15) is 9.90 Å².